The first-order valence-electron chi connectivity index (χ1n) is 7.77. The zero-order valence-electron chi connectivity index (χ0n) is 15.4. The monoisotopic (exact) mass is 340 g/mol. The molecule has 0 heterocycles. The van der Waals surface area contributed by atoms with Crippen LogP contribution in [0.2, 0.25) is 0 Å². The number of carbonyl (C=O) groups is 1. The van der Waals surface area contributed by atoms with Crippen LogP contribution in [0.15, 0.2) is 12.1 Å². The van der Waals surface area contributed by atoms with E-state index in [2.05, 4.69) is 53.2 Å². The van der Waals surface area contributed by atoms with Gasteiger partial charge in [0.05, 0.1) is 5.92 Å². The van der Waals surface area contributed by atoms with Crippen molar-refractivity contribution in [2.75, 3.05) is 0 Å². The van der Waals surface area contributed by atoms with E-state index in [1.807, 2.05) is 12.1 Å². The van der Waals surface area contributed by atoms with Crippen LogP contribution in [0.25, 0.3) is 0 Å². The van der Waals surface area contributed by atoms with Gasteiger partial charge in [-0.1, -0.05) is 68.0 Å². The minimum Gasteiger partial charge on any atom is -0.507 e. The first-order chi connectivity index (χ1) is 10.3. The number of aromatic hydroxyl groups is 1. The van der Waals surface area contributed by atoms with Crippen molar-refractivity contribution in [3.05, 3.63) is 28.8 Å². The van der Waals surface area contributed by atoms with Gasteiger partial charge in [-0.3, -0.25) is 16.5 Å². The van der Waals surface area contributed by atoms with Crippen LogP contribution in [0.1, 0.15) is 72.6 Å². The standard InChI is InChI=1S/C18H28O3.CH4.H4N2/c1-11(16(20)21)8-12-9-13(17(2,3)4)15(19)14(10-12)18(5,6)7;;1-2/h9-11,19H,8H2,1-7H3,(H,20,21);1H4;1-2H2. The Morgan fingerprint density at radius 3 is 1.62 bits per heavy atom. The molecular weight excluding hydrogens is 304 g/mol. The van der Waals surface area contributed by atoms with Gasteiger partial charge in [0.2, 0.25) is 0 Å². The molecule has 6 N–H and O–H groups in total. The SMILES string of the molecule is C.CC(Cc1cc(C(C)(C)C)c(O)c(C(C)(C)C)c1)C(=O)O.NN. The fraction of sp³-hybridized carbons (Fsp3) is 0.632. The molecule has 140 valence electrons. The fourth-order valence-corrected chi connectivity index (χ4v) is 2.40. The maximum Gasteiger partial charge on any atom is 0.306 e. The number of hydrazine groups is 1. The van der Waals surface area contributed by atoms with E-state index in [4.69, 9.17) is 5.11 Å². The Hall–Kier alpha value is -1.59. The summed E-state index contributed by atoms with van der Waals surface area (Å²) >= 11 is 0. The number of phenolic OH excluding ortho intramolecular Hbond substituents is 1. The van der Waals surface area contributed by atoms with Crippen molar-refractivity contribution in [1.29, 1.82) is 0 Å². The highest BCUT2D eigenvalue weighted by Gasteiger charge is 2.27. The molecule has 0 saturated heterocycles. The van der Waals surface area contributed by atoms with Gasteiger partial charge in [-0.15, -0.1) is 0 Å². The molecule has 1 aromatic rings. The number of aliphatic carboxylic acids is 1. The second-order valence-electron chi connectivity index (χ2n) is 7.98. The molecule has 5 nitrogen and oxygen atoms in total. The van der Waals surface area contributed by atoms with Gasteiger partial charge >= 0.3 is 5.97 Å². The third-order valence-electron chi connectivity index (χ3n) is 3.75. The molecule has 0 radical (unpaired) electrons. The Labute approximate surface area is 147 Å². The lowest BCUT2D eigenvalue weighted by atomic mass is 9.77. The Balaban J connectivity index is 0. The lowest BCUT2D eigenvalue weighted by Gasteiger charge is -2.28. The van der Waals surface area contributed by atoms with E-state index in [0.717, 1.165) is 16.7 Å². The van der Waals surface area contributed by atoms with Crippen molar-refractivity contribution >= 4 is 5.97 Å². The molecule has 0 bridgehead atoms. The van der Waals surface area contributed by atoms with Crippen LogP contribution in [0.4, 0.5) is 0 Å². The van der Waals surface area contributed by atoms with Crippen molar-refractivity contribution < 1.29 is 15.0 Å². The lowest BCUT2D eigenvalue weighted by molar-refractivity contribution is -0.141. The zero-order chi connectivity index (χ0) is 18.6. The molecule has 1 unspecified atom stereocenters. The van der Waals surface area contributed by atoms with E-state index in [1.165, 1.54) is 0 Å². The van der Waals surface area contributed by atoms with E-state index in [0.29, 0.717) is 12.2 Å². The minimum absolute atomic E-state index is 0. The molecule has 0 aliphatic heterocycles. The van der Waals surface area contributed by atoms with Crippen LogP contribution in [-0.4, -0.2) is 16.2 Å². The maximum absolute atomic E-state index is 11.1. The Morgan fingerprint density at radius 2 is 1.38 bits per heavy atom. The molecule has 0 aromatic heterocycles. The number of phenols is 1. The molecule has 0 aliphatic rings. The van der Waals surface area contributed by atoms with Gasteiger partial charge in [0.1, 0.15) is 5.75 Å². The van der Waals surface area contributed by atoms with Crippen molar-refractivity contribution in [1.82, 2.24) is 0 Å². The highest BCUT2D eigenvalue weighted by Crippen LogP contribution is 2.40. The van der Waals surface area contributed by atoms with E-state index in [9.17, 15) is 9.90 Å². The summed E-state index contributed by atoms with van der Waals surface area (Å²) < 4.78 is 0. The lowest BCUT2D eigenvalue weighted by Crippen LogP contribution is -2.19. The smallest absolute Gasteiger partial charge is 0.306 e. The zero-order valence-corrected chi connectivity index (χ0v) is 15.4. The molecule has 24 heavy (non-hydrogen) atoms. The summed E-state index contributed by atoms with van der Waals surface area (Å²) in [6, 6.07) is 3.90. The van der Waals surface area contributed by atoms with Crippen LogP contribution < -0.4 is 11.7 Å². The van der Waals surface area contributed by atoms with Gasteiger partial charge in [-0.2, -0.15) is 0 Å². The van der Waals surface area contributed by atoms with E-state index in [1.54, 1.807) is 6.92 Å². The minimum atomic E-state index is -0.794. The van der Waals surface area contributed by atoms with E-state index >= 15 is 0 Å². The largest absolute Gasteiger partial charge is 0.507 e. The molecule has 0 fully saturated rings. The summed E-state index contributed by atoms with van der Waals surface area (Å²) in [6.07, 6.45) is 0.474. The van der Waals surface area contributed by atoms with Gasteiger partial charge in [0.15, 0.2) is 0 Å². The van der Waals surface area contributed by atoms with Crippen molar-refractivity contribution in [2.45, 2.75) is 73.1 Å². The summed E-state index contributed by atoms with van der Waals surface area (Å²) in [5, 5.41) is 19.7. The molecule has 5 heteroatoms. The van der Waals surface area contributed by atoms with Gasteiger partial charge < -0.3 is 10.2 Å². The molecule has 0 spiro atoms. The summed E-state index contributed by atoms with van der Waals surface area (Å²) in [5.41, 5.74) is 2.35. The van der Waals surface area contributed by atoms with Gasteiger partial charge in [-0.05, 0) is 33.9 Å². The molecule has 0 aliphatic carbocycles. The summed E-state index contributed by atoms with van der Waals surface area (Å²) in [4.78, 5) is 11.1. The van der Waals surface area contributed by atoms with Crippen LogP contribution in [0.3, 0.4) is 0 Å². The summed E-state index contributed by atoms with van der Waals surface area (Å²) in [6.45, 7) is 14.0. The second kappa shape index (κ2) is 9.04. The number of hydrogen-bond donors (Lipinski definition) is 4. The molecule has 1 atom stereocenters. The first-order valence-corrected chi connectivity index (χ1v) is 7.77. The first kappa shape index (κ1) is 24.7. The number of hydrogen-bond acceptors (Lipinski definition) is 4. The highest BCUT2D eigenvalue weighted by atomic mass is 16.4. The third kappa shape index (κ3) is 6.49. The molecular formula is C19H36N2O3. The van der Waals surface area contributed by atoms with E-state index < -0.39 is 11.9 Å². The Morgan fingerprint density at radius 1 is 1.04 bits per heavy atom. The quantitative estimate of drug-likeness (QED) is 0.495. The predicted octanol–water partition coefficient (Wildman–Crippen LogP) is 3.71. The van der Waals surface area contributed by atoms with Crippen LogP contribution in [0.5, 0.6) is 5.75 Å². The fourth-order valence-electron chi connectivity index (χ4n) is 2.40. The number of carboxylic acid groups (broad SMARTS) is 1. The number of nitrogens with two attached hydrogens (primary N) is 2. The summed E-state index contributed by atoms with van der Waals surface area (Å²) in [5.74, 6) is 7.11. The van der Waals surface area contributed by atoms with Crippen LogP contribution >= 0.6 is 0 Å². The van der Waals surface area contributed by atoms with Crippen molar-refractivity contribution in [3.8, 4) is 5.75 Å². The normalized spacial score (nSPS) is 12.5. The number of rotatable bonds is 3. The Kier molecular flexibility index (Phi) is 9.29. The van der Waals surface area contributed by atoms with Crippen molar-refractivity contribution in [3.63, 3.8) is 0 Å². The summed E-state index contributed by atoms with van der Waals surface area (Å²) in [7, 11) is 0. The average Bonchev–Trinajstić information content (AvgIpc) is 2.40. The van der Waals surface area contributed by atoms with Crippen LogP contribution in [0, 0.1) is 5.92 Å². The predicted molar refractivity (Wildman–Crippen MR) is 101 cm³/mol. The van der Waals surface area contributed by atoms with Crippen molar-refractivity contribution in [2.24, 2.45) is 17.6 Å². The average molecular weight is 341 g/mol. The highest BCUT2D eigenvalue weighted by molar-refractivity contribution is 5.70. The molecule has 1 rings (SSSR count). The van der Waals surface area contributed by atoms with Gasteiger partial charge in [0, 0.05) is 0 Å². The molecule has 0 saturated carbocycles. The van der Waals surface area contributed by atoms with E-state index in [-0.39, 0.29) is 18.3 Å². The maximum atomic E-state index is 11.1. The topological polar surface area (TPSA) is 110 Å². The molecule has 0 amide bonds. The Bertz CT molecular complexity index is 506. The van der Waals surface area contributed by atoms with Crippen LogP contribution in [-0.2, 0) is 22.0 Å². The second-order valence-corrected chi connectivity index (χ2v) is 7.98. The number of carboxylic acids is 1. The van der Waals surface area contributed by atoms with Gasteiger partial charge in [0.25, 0.3) is 0 Å². The van der Waals surface area contributed by atoms with Gasteiger partial charge in [-0.25, -0.2) is 0 Å². The third-order valence-corrected chi connectivity index (χ3v) is 3.75. The number of benzene rings is 1. The molecule has 1 aromatic carbocycles.